The number of aliphatic hydroxyl groups excluding tert-OH is 1. The van der Waals surface area contributed by atoms with Crippen LogP contribution in [0.4, 0.5) is 0 Å². The summed E-state index contributed by atoms with van der Waals surface area (Å²) in [5.41, 5.74) is 2.22. The van der Waals surface area contributed by atoms with E-state index in [1.165, 1.54) is 5.56 Å². The van der Waals surface area contributed by atoms with Crippen LogP contribution in [0.5, 0.6) is 5.75 Å². The second-order valence-electron chi connectivity index (χ2n) is 4.86. The minimum atomic E-state index is -0.00115. The molecule has 0 unspecified atom stereocenters. The summed E-state index contributed by atoms with van der Waals surface area (Å²) in [5.74, 6) is 0.196. The predicted molar refractivity (Wildman–Crippen MR) is 91.4 cm³/mol. The van der Waals surface area contributed by atoms with E-state index in [2.05, 4.69) is 49.3 Å². The number of benzene rings is 2. The Bertz CT molecular complexity index is 567. The highest BCUT2D eigenvalue weighted by Crippen LogP contribution is 2.33. The van der Waals surface area contributed by atoms with Crippen molar-refractivity contribution in [2.75, 3.05) is 6.61 Å². The number of nitrogens with one attached hydrogen (secondary N) is 1. The fourth-order valence-electron chi connectivity index (χ4n) is 2.08. The van der Waals surface area contributed by atoms with Gasteiger partial charge in [0.2, 0.25) is 0 Å². The summed E-state index contributed by atoms with van der Waals surface area (Å²) < 4.78 is 1.30. The van der Waals surface area contributed by atoms with Gasteiger partial charge in [-0.2, -0.15) is 0 Å². The summed E-state index contributed by atoms with van der Waals surface area (Å²) in [4.78, 5) is 0. The van der Waals surface area contributed by atoms with Crippen LogP contribution in [-0.2, 0) is 13.0 Å². The van der Waals surface area contributed by atoms with Crippen LogP contribution in [0.3, 0.4) is 0 Å². The molecule has 0 fully saturated rings. The first kappa shape index (κ1) is 16.5. The molecular formula is C16H17Br2NO2. The fourth-order valence-corrected chi connectivity index (χ4v) is 3.36. The molecule has 0 saturated heterocycles. The molecule has 0 heterocycles. The van der Waals surface area contributed by atoms with Crippen molar-refractivity contribution in [2.24, 2.45) is 0 Å². The number of hydrogen-bond acceptors (Lipinski definition) is 3. The second-order valence-corrected chi connectivity index (χ2v) is 6.57. The molecule has 0 aliphatic rings. The lowest BCUT2D eigenvalue weighted by Gasteiger charge is -2.17. The zero-order valence-electron chi connectivity index (χ0n) is 11.4. The van der Waals surface area contributed by atoms with Crippen LogP contribution in [0.25, 0.3) is 0 Å². The van der Waals surface area contributed by atoms with Crippen LogP contribution in [0.2, 0.25) is 0 Å². The third-order valence-corrected chi connectivity index (χ3v) is 4.43. The third kappa shape index (κ3) is 4.81. The highest BCUT2D eigenvalue weighted by Gasteiger charge is 2.10. The molecule has 2 rings (SSSR count). The van der Waals surface area contributed by atoms with E-state index in [0.29, 0.717) is 15.5 Å². The van der Waals surface area contributed by atoms with Gasteiger partial charge in [0.25, 0.3) is 0 Å². The van der Waals surface area contributed by atoms with Gasteiger partial charge in [-0.3, -0.25) is 0 Å². The SMILES string of the molecule is OC[C@H](Cc1ccccc1)NCc1cc(Br)c(O)c(Br)c1. The van der Waals surface area contributed by atoms with Gasteiger partial charge in [-0.05, 0) is 61.5 Å². The Hall–Kier alpha value is -0.880. The van der Waals surface area contributed by atoms with Crippen LogP contribution < -0.4 is 5.32 Å². The van der Waals surface area contributed by atoms with Gasteiger partial charge in [0.05, 0.1) is 15.6 Å². The quantitative estimate of drug-likeness (QED) is 0.676. The molecule has 0 saturated carbocycles. The highest BCUT2D eigenvalue weighted by molar-refractivity contribution is 9.11. The summed E-state index contributed by atoms with van der Waals surface area (Å²) in [7, 11) is 0. The normalized spacial score (nSPS) is 12.3. The van der Waals surface area contributed by atoms with Crippen LogP contribution in [0.1, 0.15) is 11.1 Å². The molecule has 112 valence electrons. The van der Waals surface area contributed by atoms with Gasteiger partial charge < -0.3 is 15.5 Å². The van der Waals surface area contributed by atoms with Crippen molar-refractivity contribution in [3.8, 4) is 5.75 Å². The van der Waals surface area contributed by atoms with E-state index < -0.39 is 0 Å². The molecule has 2 aromatic rings. The van der Waals surface area contributed by atoms with Gasteiger partial charge in [0.1, 0.15) is 5.75 Å². The van der Waals surface area contributed by atoms with Crippen molar-refractivity contribution in [1.29, 1.82) is 0 Å². The Labute approximate surface area is 141 Å². The van der Waals surface area contributed by atoms with Crippen LogP contribution in [-0.4, -0.2) is 22.9 Å². The number of halogens is 2. The van der Waals surface area contributed by atoms with Gasteiger partial charge in [-0.15, -0.1) is 0 Å². The van der Waals surface area contributed by atoms with Crippen molar-refractivity contribution >= 4 is 31.9 Å². The lowest BCUT2D eigenvalue weighted by molar-refractivity contribution is 0.241. The molecule has 3 nitrogen and oxygen atoms in total. The fraction of sp³-hybridized carbons (Fsp3) is 0.250. The lowest BCUT2D eigenvalue weighted by Crippen LogP contribution is -2.34. The first-order chi connectivity index (χ1) is 10.1. The molecule has 0 aliphatic heterocycles. The van der Waals surface area contributed by atoms with Crippen molar-refractivity contribution < 1.29 is 10.2 Å². The standard InChI is InChI=1S/C16H17Br2NO2/c17-14-7-12(8-15(18)16(14)21)9-19-13(10-20)6-11-4-2-1-3-5-11/h1-5,7-8,13,19-21H,6,9-10H2/t13-/m0/s1. The maximum Gasteiger partial charge on any atom is 0.143 e. The van der Waals surface area contributed by atoms with E-state index >= 15 is 0 Å². The van der Waals surface area contributed by atoms with Crippen LogP contribution >= 0.6 is 31.9 Å². The van der Waals surface area contributed by atoms with Gasteiger partial charge in [-0.1, -0.05) is 30.3 Å². The summed E-state index contributed by atoms with van der Waals surface area (Å²) in [6, 6.07) is 13.8. The molecule has 0 aliphatic carbocycles. The molecule has 0 spiro atoms. The maximum atomic E-state index is 9.70. The Morgan fingerprint density at radius 2 is 1.62 bits per heavy atom. The number of aliphatic hydroxyl groups is 1. The largest absolute Gasteiger partial charge is 0.506 e. The maximum absolute atomic E-state index is 9.70. The topological polar surface area (TPSA) is 52.5 Å². The van der Waals surface area contributed by atoms with E-state index in [-0.39, 0.29) is 18.4 Å². The van der Waals surface area contributed by atoms with Gasteiger partial charge in [0, 0.05) is 12.6 Å². The van der Waals surface area contributed by atoms with Gasteiger partial charge in [0.15, 0.2) is 0 Å². The predicted octanol–water partition coefficient (Wildman–Crippen LogP) is 3.61. The molecule has 0 aromatic heterocycles. The van der Waals surface area contributed by atoms with E-state index in [1.807, 2.05) is 30.3 Å². The second kappa shape index (κ2) is 7.94. The third-order valence-electron chi connectivity index (χ3n) is 3.22. The van der Waals surface area contributed by atoms with E-state index in [0.717, 1.165) is 12.0 Å². The Balaban J connectivity index is 1.97. The van der Waals surface area contributed by atoms with Gasteiger partial charge >= 0.3 is 0 Å². The summed E-state index contributed by atoms with van der Waals surface area (Å²) in [5, 5.41) is 22.5. The molecule has 0 radical (unpaired) electrons. The summed E-state index contributed by atoms with van der Waals surface area (Å²) >= 11 is 6.64. The number of phenolic OH excluding ortho intramolecular Hbond substituents is 1. The molecule has 0 amide bonds. The average molecular weight is 415 g/mol. The zero-order chi connectivity index (χ0) is 15.2. The average Bonchev–Trinajstić information content (AvgIpc) is 2.49. The minimum absolute atomic E-state index is 0.00115. The van der Waals surface area contributed by atoms with Crippen molar-refractivity contribution in [2.45, 2.75) is 19.0 Å². The number of hydrogen-bond donors (Lipinski definition) is 3. The van der Waals surface area contributed by atoms with Gasteiger partial charge in [-0.25, -0.2) is 0 Å². The minimum Gasteiger partial charge on any atom is -0.506 e. The lowest BCUT2D eigenvalue weighted by atomic mass is 10.1. The molecule has 1 atom stereocenters. The Morgan fingerprint density at radius 3 is 2.19 bits per heavy atom. The van der Waals surface area contributed by atoms with Crippen molar-refractivity contribution in [3.63, 3.8) is 0 Å². The van der Waals surface area contributed by atoms with Crippen molar-refractivity contribution in [3.05, 3.63) is 62.5 Å². The van der Waals surface area contributed by atoms with Crippen LogP contribution in [0.15, 0.2) is 51.4 Å². The molecule has 21 heavy (non-hydrogen) atoms. The summed E-state index contributed by atoms with van der Waals surface area (Å²) in [6.45, 7) is 0.699. The van der Waals surface area contributed by atoms with Crippen LogP contribution in [0, 0.1) is 0 Å². The van der Waals surface area contributed by atoms with Crippen molar-refractivity contribution in [1.82, 2.24) is 5.32 Å². The first-order valence-electron chi connectivity index (χ1n) is 6.65. The monoisotopic (exact) mass is 413 g/mol. The number of aromatic hydroxyl groups is 1. The molecule has 3 N–H and O–H groups in total. The molecule has 5 heteroatoms. The molecular weight excluding hydrogens is 398 g/mol. The first-order valence-corrected chi connectivity index (χ1v) is 8.24. The molecule has 2 aromatic carbocycles. The Kier molecular flexibility index (Phi) is 6.23. The number of phenols is 1. The summed E-state index contributed by atoms with van der Waals surface area (Å²) in [6.07, 6.45) is 0.776. The smallest absolute Gasteiger partial charge is 0.143 e. The Morgan fingerprint density at radius 1 is 1.00 bits per heavy atom. The number of rotatable bonds is 6. The zero-order valence-corrected chi connectivity index (χ0v) is 14.6. The molecule has 0 bridgehead atoms. The van der Waals surface area contributed by atoms with E-state index in [9.17, 15) is 10.2 Å². The highest BCUT2D eigenvalue weighted by atomic mass is 79.9. The van der Waals surface area contributed by atoms with E-state index in [1.54, 1.807) is 0 Å². The van der Waals surface area contributed by atoms with E-state index in [4.69, 9.17) is 0 Å².